The molecule has 0 radical (unpaired) electrons. The van der Waals surface area contributed by atoms with Crippen molar-refractivity contribution in [3.05, 3.63) is 81.9 Å². The molecule has 16 nitrogen and oxygen atoms in total. The largest absolute Gasteiger partial charge is 0.532 e. The van der Waals surface area contributed by atoms with Gasteiger partial charge in [-0.15, -0.1) is 0 Å². The van der Waals surface area contributed by atoms with Crippen molar-refractivity contribution >= 4 is 31.1 Å². The molecule has 18 heteroatoms. The maximum Gasteiger partial charge on any atom is 0.532 e. The zero-order valence-electron chi connectivity index (χ0n) is 25.5. The number of aliphatic hydroxyl groups excluding tert-OH is 1. The van der Waals surface area contributed by atoms with Crippen LogP contribution in [0.1, 0.15) is 35.8 Å². The molecule has 5 rings (SSSR count). The summed E-state index contributed by atoms with van der Waals surface area (Å²) in [7, 11) is -3.40. The quantitative estimate of drug-likeness (QED) is 0.125. The fraction of sp³-hybridized carbons (Fsp3) is 0.400. The van der Waals surface area contributed by atoms with Crippen molar-refractivity contribution in [2.75, 3.05) is 32.2 Å². The molecular formula is C30H32ClN4O12P. The van der Waals surface area contributed by atoms with Gasteiger partial charge in [0, 0.05) is 24.8 Å². The maximum atomic E-state index is 14.1. The number of phosphoric acid groups is 1. The monoisotopic (exact) mass is 706 g/mol. The number of methoxy groups -OCH3 is 1. The fourth-order valence-corrected chi connectivity index (χ4v) is 6.57. The van der Waals surface area contributed by atoms with Gasteiger partial charge in [0.05, 0.1) is 37.8 Å². The van der Waals surface area contributed by atoms with E-state index >= 15 is 0 Å². The van der Waals surface area contributed by atoms with Gasteiger partial charge in [0.15, 0.2) is 18.6 Å². The average Bonchev–Trinajstić information content (AvgIpc) is 3.68. The minimum atomic E-state index is -4.89. The number of hydrogen-bond acceptors (Lipinski definition) is 14. The van der Waals surface area contributed by atoms with E-state index in [9.17, 15) is 24.4 Å². The van der Waals surface area contributed by atoms with Gasteiger partial charge in [-0.05, 0) is 48.9 Å². The van der Waals surface area contributed by atoms with Gasteiger partial charge in [-0.1, -0.05) is 23.7 Å². The number of anilines is 1. The zero-order valence-corrected chi connectivity index (χ0v) is 27.1. The van der Waals surface area contributed by atoms with Gasteiger partial charge in [0.1, 0.15) is 23.4 Å². The molecule has 3 aromatic rings. The number of carbonyl (C=O) groups excluding carboxylic acids is 1. The zero-order chi connectivity index (χ0) is 34.3. The SMILES string of the molecule is COc1ccc(C(=O)Nc2ccn([C@@H]3O[C@H](CO)[C@@](O)(OP(=O)(OCCC#N)Oc4ccccc4Cl)[C@H]3OC3CCCO3)c(=O)n2)cc1. The first-order valence-electron chi connectivity index (χ1n) is 14.7. The Labute approximate surface area is 279 Å². The number of carbonyl (C=O) groups is 1. The predicted octanol–water partition coefficient (Wildman–Crippen LogP) is 3.39. The van der Waals surface area contributed by atoms with Crippen LogP contribution >= 0.6 is 19.4 Å². The van der Waals surface area contributed by atoms with Crippen molar-refractivity contribution in [2.24, 2.45) is 0 Å². The second kappa shape index (κ2) is 15.6. The Hall–Kier alpha value is -3.88. The number of rotatable bonds is 14. The Morgan fingerprint density at radius 2 is 2.02 bits per heavy atom. The van der Waals surface area contributed by atoms with E-state index in [0.717, 1.165) is 4.57 Å². The average molecular weight is 707 g/mol. The van der Waals surface area contributed by atoms with Crippen LogP contribution in [0.3, 0.4) is 0 Å². The van der Waals surface area contributed by atoms with E-state index in [1.54, 1.807) is 18.2 Å². The van der Waals surface area contributed by atoms with Crippen molar-refractivity contribution in [2.45, 2.75) is 49.8 Å². The Kier molecular flexibility index (Phi) is 11.5. The van der Waals surface area contributed by atoms with Crippen molar-refractivity contribution in [1.82, 2.24) is 9.55 Å². The predicted molar refractivity (Wildman–Crippen MR) is 166 cm³/mol. The van der Waals surface area contributed by atoms with E-state index in [0.29, 0.717) is 25.2 Å². The molecule has 2 aliphatic heterocycles. The first kappa shape index (κ1) is 35.4. The third-order valence-electron chi connectivity index (χ3n) is 7.25. The van der Waals surface area contributed by atoms with E-state index in [2.05, 4.69) is 10.3 Å². The van der Waals surface area contributed by atoms with Crippen molar-refractivity contribution in [3.8, 4) is 17.6 Å². The molecule has 1 aromatic heterocycles. The topological polar surface area (TPSA) is 210 Å². The number of halogens is 1. The molecule has 2 saturated heterocycles. The van der Waals surface area contributed by atoms with Crippen LogP contribution in [0.15, 0.2) is 65.6 Å². The summed E-state index contributed by atoms with van der Waals surface area (Å²) < 4.78 is 54.2. The van der Waals surface area contributed by atoms with Gasteiger partial charge in [-0.25, -0.2) is 13.9 Å². The molecular weight excluding hydrogens is 675 g/mol. The number of hydrogen-bond donors (Lipinski definition) is 3. The van der Waals surface area contributed by atoms with Gasteiger partial charge in [0.2, 0.25) is 5.79 Å². The summed E-state index contributed by atoms with van der Waals surface area (Å²) in [4.78, 5) is 30.0. The summed E-state index contributed by atoms with van der Waals surface area (Å²) in [5.41, 5.74) is -0.672. The Morgan fingerprint density at radius 1 is 1.25 bits per heavy atom. The summed E-state index contributed by atoms with van der Waals surface area (Å²) in [5.74, 6) is -3.04. The number of phosphoric ester groups is 1. The third kappa shape index (κ3) is 8.04. The van der Waals surface area contributed by atoms with E-state index in [1.807, 2.05) is 6.07 Å². The lowest BCUT2D eigenvalue weighted by Crippen LogP contribution is -2.53. The number of aliphatic hydroxyl groups is 2. The van der Waals surface area contributed by atoms with E-state index in [1.165, 1.54) is 49.7 Å². The van der Waals surface area contributed by atoms with Gasteiger partial charge < -0.3 is 39.0 Å². The standard InChI is InChI=1S/C30H32ClN4O12P/c1-41-20-11-9-19(10-12-20)27(37)33-24-13-15-35(29(38)34-24)28-26(45-25-8-4-16-42-25)30(39,23(18-36)44-28)47-48(40,43-17-5-14-32)46-22-7-3-2-6-21(22)31/h2-3,6-7,9-13,15,23,25-26,28,36,39H,4-5,8,16-18H2,1H3,(H,33,34,37,38)/t23-,25?,26+,28-,30-,48?/m1/s1. The number of aromatic nitrogens is 2. The molecule has 48 heavy (non-hydrogen) atoms. The van der Waals surface area contributed by atoms with E-state index < -0.39 is 63.1 Å². The molecule has 0 bridgehead atoms. The van der Waals surface area contributed by atoms with Crippen LogP contribution in [-0.2, 0) is 27.8 Å². The lowest BCUT2D eigenvalue weighted by atomic mass is 10.1. The molecule has 0 saturated carbocycles. The first-order valence-corrected chi connectivity index (χ1v) is 16.5. The third-order valence-corrected chi connectivity index (χ3v) is 9.00. The number of para-hydroxylation sites is 1. The van der Waals surface area contributed by atoms with Crippen molar-refractivity contribution in [1.29, 1.82) is 5.26 Å². The molecule has 2 unspecified atom stereocenters. The van der Waals surface area contributed by atoms with E-state index in [-0.39, 0.29) is 28.6 Å². The molecule has 6 atom stereocenters. The van der Waals surface area contributed by atoms with Crippen LogP contribution in [0.4, 0.5) is 5.82 Å². The van der Waals surface area contributed by atoms with Gasteiger partial charge in [0.25, 0.3) is 5.91 Å². The molecule has 2 fully saturated rings. The molecule has 1 amide bonds. The van der Waals surface area contributed by atoms with Crippen LogP contribution in [0.5, 0.6) is 11.5 Å². The molecule has 2 aromatic carbocycles. The van der Waals surface area contributed by atoms with Gasteiger partial charge >= 0.3 is 13.5 Å². The lowest BCUT2D eigenvalue weighted by Gasteiger charge is -2.35. The number of nitrogens with zero attached hydrogens (tertiary/aromatic N) is 3. The Balaban J connectivity index is 1.46. The number of ether oxygens (including phenoxy) is 4. The number of nitriles is 1. The normalized spacial score (nSPS) is 24.8. The highest BCUT2D eigenvalue weighted by molar-refractivity contribution is 7.49. The summed E-state index contributed by atoms with van der Waals surface area (Å²) >= 11 is 6.20. The van der Waals surface area contributed by atoms with Crippen LogP contribution < -0.4 is 20.3 Å². The highest BCUT2D eigenvalue weighted by Gasteiger charge is 2.63. The van der Waals surface area contributed by atoms with Gasteiger partial charge in [-0.3, -0.25) is 13.9 Å². The molecule has 3 heterocycles. The molecule has 0 aliphatic carbocycles. The second-order valence-electron chi connectivity index (χ2n) is 10.4. The second-order valence-corrected chi connectivity index (χ2v) is 12.4. The number of amides is 1. The number of nitrogens with one attached hydrogen (secondary N) is 1. The highest BCUT2D eigenvalue weighted by atomic mass is 35.5. The highest BCUT2D eigenvalue weighted by Crippen LogP contribution is 2.57. The van der Waals surface area contributed by atoms with E-state index in [4.69, 9.17) is 49.4 Å². The van der Waals surface area contributed by atoms with Crippen LogP contribution in [0, 0.1) is 11.3 Å². The smallest absolute Gasteiger partial charge is 0.497 e. The molecule has 0 spiro atoms. The number of benzene rings is 2. The summed E-state index contributed by atoms with van der Waals surface area (Å²) in [5, 5.41) is 33.9. The lowest BCUT2D eigenvalue weighted by molar-refractivity contribution is -0.267. The summed E-state index contributed by atoms with van der Waals surface area (Å²) in [6.45, 7) is -1.02. The van der Waals surface area contributed by atoms with Crippen molar-refractivity contribution in [3.63, 3.8) is 0 Å². The summed E-state index contributed by atoms with van der Waals surface area (Å²) in [6.07, 6.45) is -3.87. The Bertz CT molecular complexity index is 1730. The molecule has 256 valence electrons. The minimum Gasteiger partial charge on any atom is -0.497 e. The van der Waals surface area contributed by atoms with Crippen molar-refractivity contribution < 1.29 is 52.1 Å². The Morgan fingerprint density at radius 3 is 2.67 bits per heavy atom. The first-order chi connectivity index (χ1) is 23.1. The summed E-state index contributed by atoms with van der Waals surface area (Å²) in [6, 6.07) is 15.3. The fourth-order valence-electron chi connectivity index (χ4n) is 4.90. The molecule has 3 N–H and O–H groups in total. The maximum absolute atomic E-state index is 14.1. The van der Waals surface area contributed by atoms with Crippen LogP contribution in [0.25, 0.3) is 0 Å². The van der Waals surface area contributed by atoms with Gasteiger partial charge in [-0.2, -0.15) is 10.2 Å². The minimum absolute atomic E-state index is 0.0282. The van der Waals surface area contributed by atoms with Crippen LogP contribution in [0.2, 0.25) is 5.02 Å². The molecule has 2 aliphatic rings. The van der Waals surface area contributed by atoms with Crippen LogP contribution in [-0.4, -0.2) is 76.9 Å².